The second-order valence-corrected chi connectivity index (χ2v) is 4.63. The van der Waals surface area contributed by atoms with Crippen molar-refractivity contribution in [3.63, 3.8) is 0 Å². The van der Waals surface area contributed by atoms with Crippen molar-refractivity contribution in [2.45, 2.75) is 26.2 Å². The number of rotatable bonds is 1. The first kappa shape index (κ1) is 12.9. The van der Waals surface area contributed by atoms with Gasteiger partial charge in [0.15, 0.2) is 0 Å². The Morgan fingerprint density at radius 3 is 3.00 bits per heavy atom. The molecule has 1 aromatic heterocycles. The number of hydrogen-bond acceptors (Lipinski definition) is 2. The number of fused-ring (bicyclic) bond motifs is 1. The molecule has 1 N–H and O–H groups in total. The molecular formula is C10H11KO2S. The predicted octanol–water partition coefficient (Wildman–Crippen LogP) is -0.467. The van der Waals surface area contributed by atoms with Gasteiger partial charge in [0.25, 0.3) is 0 Å². The van der Waals surface area contributed by atoms with Gasteiger partial charge in [0, 0.05) is 4.88 Å². The molecule has 0 atom stereocenters. The SMILES string of the molecule is C[C-]1CCc2sc(C(=O)O)cc2C1.[K+]. The zero-order chi connectivity index (χ0) is 9.42. The largest absolute Gasteiger partial charge is 1.00 e. The number of carboxylic acid groups (broad SMARTS) is 1. The molecule has 0 amide bonds. The van der Waals surface area contributed by atoms with Gasteiger partial charge in [-0.2, -0.15) is 19.8 Å². The summed E-state index contributed by atoms with van der Waals surface area (Å²) in [6, 6.07) is 1.82. The third-order valence-corrected chi connectivity index (χ3v) is 3.60. The van der Waals surface area contributed by atoms with Crippen molar-refractivity contribution in [1.29, 1.82) is 0 Å². The van der Waals surface area contributed by atoms with Crippen LogP contribution in [0.5, 0.6) is 0 Å². The Labute approximate surface area is 130 Å². The zero-order valence-corrected chi connectivity index (χ0v) is 12.4. The Morgan fingerprint density at radius 1 is 1.64 bits per heavy atom. The molecular weight excluding hydrogens is 223 g/mol. The summed E-state index contributed by atoms with van der Waals surface area (Å²) in [6.45, 7) is 2.14. The third kappa shape index (κ3) is 2.68. The van der Waals surface area contributed by atoms with E-state index in [1.54, 1.807) is 0 Å². The molecule has 14 heavy (non-hydrogen) atoms. The van der Waals surface area contributed by atoms with Crippen molar-refractivity contribution >= 4 is 17.3 Å². The van der Waals surface area contributed by atoms with Gasteiger partial charge >= 0.3 is 57.4 Å². The molecule has 2 rings (SSSR count). The average Bonchev–Trinajstić information content (AvgIpc) is 2.46. The molecule has 1 aliphatic carbocycles. The first-order valence-electron chi connectivity index (χ1n) is 4.33. The number of aromatic carboxylic acids is 1. The average molecular weight is 234 g/mol. The molecule has 2 nitrogen and oxygen atoms in total. The van der Waals surface area contributed by atoms with Gasteiger partial charge in [0.05, 0.1) is 0 Å². The summed E-state index contributed by atoms with van der Waals surface area (Å²) in [5.74, 6) is 0.666. The molecule has 0 fully saturated rings. The van der Waals surface area contributed by atoms with Crippen LogP contribution in [0.1, 0.15) is 33.5 Å². The quantitative estimate of drug-likeness (QED) is 0.527. The van der Waals surface area contributed by atoms with Crippen molar-refractivity contribution in [3.05, 3.63) is 27.3 Å². The van der Waals surface area contributed by atoms with E-state index >= 15 is 0 Å². The van der Waals surface area contributed by atoms with Crippen LogP contribution in [-0.4, -0.2) is 11.1 Å². The zero-order valence-electron chi connectivity index (χ0n) is 8.46. The number of carbonyl (C=O) groups is 1. The summed E-state index contributed by atoms with van der Waals surface area (Å²) in [5, 5.41) is 8.80. The van der Waals surface area contributed by atoms with E-state index in [1.165, 1.54) is 27.7 Å². The fraction of sp³-hybridized carbons (Fsp3) is 0.400. The van der Waals surface area contributed by atoms with E-state index in [9.17, 15) is 4.79 Å². The topological polar surface area (TPSA) is 37.3 Å². The van der Waals surface area contributed by atoms with Crippen LogP contribution in [0.4, 0.5) is 0 Å². The molecule has 0 aromatic carbocycles. The molecule has 0 radical (unpaired) electrons. The molecule has 0 saturated carbocycles. The van der Waals surface area contributed by atoms with Crippen LogP contribution in [0.25, 0.3) is 0 Å². The van der Waals surface area contributed by atoms with Crippen LogP contribution in [0, 0.1) is 5.92 Å². The van der Waals surface area contributed by atoms with Crippen LogP contribution >= 0.6 is 11.3 Å². The molecule has 0 aliphatic heterocycles. The summed E-state index contributed by atoms with van der Waals surface area (Å²) in [5.41, 5.74) is 1.23. The molecule has 0 spiro atoms. The molecule has 1 aromatic rings. The molecule has 70 valence electrons. The molecule has 1 heterocycles. The minimum atomic E-state index is -0.794. The maximum Gasteiger partial charge on any atom is 1.00 e. The van der Waals surface area contributed by atoms with Crippen LogP contribution in [0.3, 0.4) is 0 Å². The Morgan fingerprint density at radius 2 is 2.36 bits per heavy atom. The normalized spacial score (nSPS) is 15.8. The van der Waals surface area contributed by atoms with Gasteiger partial charge in [-0.25, -0.2) is 4.79 Å². The smallest absolute Gasteiger partial charge is 0.477 e. The molecule has 0 unspecified atom stereocenters. The van der Waals surface area contributed by atoms with Gasteiger partial charge in [0.1, 0.15) is 4.88 Å². The van der Waals surface area contributed by atoms with E-state index < -0.39 is 5.97 Å². The Balaban J connectivity index is 0.000000980. The summed E-state index contributed by atoms with van der Waals surface area (Å²) in [7, 11) is 0. The van der Waals surface area contributed by atoms with E-state index in [0.717, 1.165) is 19.3 Å². The fourth-order valence-electron chi connectivity index (χ4n) is 1.67. The van der Waals surface area contributed by atoms with Gasteiger partial charge in [-0.05, 0) is 12.5 Å². The standard InChI is InChI=1S/C10H11O2S.K/c1-6-2-3-8-7(4-6)5-9(13-8)10(11)12;/h5H,2-4H2,1H3,(H,11,12);/q-1;+1. The molecule has 4 heteroatoms. The van der Waals surface area contributed by atoms with Crippen LogP contribution in [-0.2, 0) is 12.8 Å². The molecule has 0 saturated heterocycles. The second-order valence-electron chi connectivity index (χ2n) is 3.50. The minimum absolute atomic E-state index is 0. The van der Waals surface area contributed by atoms with Gasteiger partial charge in [-0.3, -0.25) is 0 Å². The maximum absolute atomic E-state index is 10.7. The van der Waals surface area contributed by atoms with Crippen molar-refractivity contribution < 1.29 is 61.3 Å². The van der Waals surface area contributed by atoms with E-state index in [-0.39, 0.29) is 51.4 Å². The number of carboxylic acids is 1. The summed E-state index contributed by atoms with van der Waals surface area (Å²) in [4.78, 5) is 12.5. The van der Waals surface area contributed by atoms with Gasteiger partial charge in [-0.15, -0.1) is 11.3 Å². The number of thiophene rings is 1. The van der Waals surface area contributed by atoms with Crippen LogP contribution < -0.4 is 51.4 Å². The number of aryl methyl sites for hydroxylation is 1. The van der Waals surface area contributed by atoms with E-state index in [1.807, 2.05) is 6.07 Å². The Bertz CT molecular complexity index is 346. The van der Waals surface area contributed by atoms with Gasteiger partial charge in [-0.1, -0.05) is 5.56 Å². The monoisotopic (exact) mass is 234 g/mol. The van der Waals surface area contributed by atoms with Gasteiger partial charge < -0.3 is 11.0 Å². The predicted molar refractivity (Wildman–Crippen MR) is 52.2 cm³/mol. The van der Waals surface area contributed by atoms with Crippen molar-refractivity contribution in [1.82, 2.24) is 0 Å². The Kier molecular flexibility index (Phi) is 4.81. The molecule has 1 aliphatic rings. The van der Waals surface area contributed by atoms with Crippen molar-refractivity contribution in [2.24, 2.45) is 0 Å². The van der Waals surface area contributed by atoms with E-state index in [4.69, 9.17) is 5.11 Å². The summed E-state index contributed by atoms with van der Waals surface area (Å²) in [6.07, 6.45) is 3.12. The van der Waals surface area contributed by atoms with E-state index in [0.29, 0.717) is 4.88 Å². The van der Waals surface area contributed by atoms with Crippen molar-refractivity contribution in [3.8, 4) is 0 Å². The van der Waals surface area contributed by atoms with Gasteiger partial charge in [0.2, 0.25) is 0 Å². The third-order valence-electron chi connectivity index (χ3n) is 2.38. The summed E-state index contributed by atoms with van der Waals surface area (Å²) < 4.78 is 0. The van der Waals surface area contributed by atoms with Crippen LogP contribution in [0.15, 0.2) is 6.07 Å². The number of hydrogen-bond donors (Lipinski definition) is 1. The first-order chi connectivity index (χ1) is 6.16. The second kappa shape index (κ2) is 5.23. The van der Waals surface area contributed by atoms with Crippen molar-refractivity contribution in [2.75, 3.05) is 0 Å². The van der Waals surface area contributed by atoms with Crippen LogP contribution in [0.2, 0.25) is 0 Å². The fourth-order valence-corrected chi connectivity index (χ4v) is 2.69. The van der Waals surface area contributed by atoms with E-state index in [2.05, 4.69) is 6.92 Å². The summed E-state index contributed by atoms with van der Waals surface area (Å²) >= 11 is 1.43. The minimum Gasteiger partial charge on any atom is -0.477 e. The molecule has 0 bridgehead atoms. The Hall–Kier alpha value is 0.806. The first-order valence-corrected chi connectivity index (χ1v) is 5.14. The maximum atomic E-state index is 10.7.